The standard InChI is InChI=1S/C48H92NO13P/c1-4-7-10-13-16-19-20-23-26-29-32-35-43(53)59-40(34-31-28-25-22-18-15-12-9-6-3)37-44(54)61-47-45(48(62-63(56,57)58)60-41(38-50)46(47)55)49-42(52)36-39(51)33-30-27-24-21-17-14-11-8-5-2/h39-41,45-48,50-51,55H,4-38H2,1-3H3,(H,49,52)(H2,56,57,58)/t39-,40-,41?,45?,46?,47?,48?/m1/s1. The van der Waals surface area contributed by atoms with E-state index >= 15 is 0 Å². The molecule has 1 rings (SSSR count). The largest absolute Gasteiger partial charge is 0.472 e. The number of carbonyl (C=O) groups is 3. The monoisotopic (exact) mass is 922 g/mol. The number of ether oxygens (including phenoxy) is 3. The Hall–Kier alpha value is -1.64. The van der Waals surface area contributed by atoms with Crippen molar-refractivity contribution in [2.45, 2.75) is 282 Å². The van der Waals surface area contributed by atoms with Gasteiger partial charge < -0.3 is 44.6 Å². The molecule has 0 radical (unpaired) electrons. The Bertz CT molecular complexity index is 1190. The summed E-state index contributed by atoms with van der Waals surface area (Å²) in [5.74, 6) is -2.05. The van der Waals surface area contributed by atoms with Gasteiger partial charge in [0.2, 0.25) is 5.91 Å². The zero-order valence-corrected chi connectivity index (χ0v) is 40.6. The van der Waals surface area contributed by atoms with Crippen LogP contribution in [0.3, 0.4) is 0 Å². The molecule has 0 aromatic carbocycles. The van der Waals surface area contributed by atoms with Crippen molar-refractivity contribution in [3.63, 3.8) is 0 Å². The second kappa shape index (κ2) is 38.5. The van der Waals surface area contributed by atoms with Gasteiger partial charge in [-0.25, -0.2) is 4.57 Å². The van der Waals surface area contributed by atoms with E-state index in [1.807, 2.05) is 0 Å². The fourth-order valence-electron chi connectivity index (χ4n) is 8.29. The van der Waals surface area contributed by atoms with Gasteiger partial charge in [0, 0.05) is 6.42 Å². The Morgan fingerprint density at radius 3 is 1.49 bits per heavy atom. The van der Waals surface area contributed by atoms with Gasteiger partial charge in [-0.05, 0) is 25.7 Å². The summed E-state index contributed by atoms with van der Waals surface area (Å²) in [5, 5.41) is 34.4. The summed E-state index contributed by atoms with van der Waals surface area (Å²) in [5.41, 5.74) is 0. The van der Waals surface area contributed by atoms with Crippen molar-refractivity contribution in [1.29, 1.82) is 0 Å². The molecule has 0 bridgehead atoms. The molecule has 0 aliphatic carbocycles. The van der Waals surface area contributed by atoms with E-state index in [0.29, 0.717) is 32.1 Å². The van der Waals surface area contributed by atoms with Gasteiger partial charge in [-0.1, -0.05) is 194 Å². The van der Waals surface area contributed by atoms with E-state index in [0.717, 1.165) is 64.2 Å². The minimum atomic E-state index is -5.27. The second-order valence-electron chi connectivity index (χ2n) is 18.1. The predicted octanol–water partition coefficient (Wildman–Crippen LogP) is 10.2. The van der Waals surface area contributed by atoms with Crippen molar-refractivity contribution >= 4 is 25.7 Å². The van der Waals surface area contributed by atoms with Crippen molar-refractivity contribution in [3.8, 4) is 0 Å². The maximum atomic E-state index is 13.6. The van der Waals surface area contributed by atoms with Gasteiger partial charge in [0.25, 0.3) is 0 Å². The quantitative estimate of drug-likeness (QED) is 0.0191. The van der Waals surface area contributed by atoms with Crippen LogP contribution in [0, 0.1) is 0 Å². The average Bonchev–Trinajstić information content (AvgIpc) is 3.23. The van der Waals surface area contributed by atoms with Crippen LogP contribution in [0.5, 0.6) is 0 Å². The number of nitrogens with one attached hydrogen (secondary N) is 1. The van der Waals surface area contributed by atoms with Crippen molar-refractivity contribution < 1.29 is 62.8 Å². The first-order chi connectivity index (χ1) is 30.3. The number of hydrogen-bond acceptors (Lipinski definition) is 11. The summed E-state index contributed by atoms with van der Waals surface area (Å²) >= 11 is 0. The summed E-state index contributed by atoms with van der Waals surface area (Å²) < 4.78 is 33.9. The van der Waals surface area contributed by atoms with Crippen LogP contribution in [0.4, 0.5) is 0 Å². The first-order valence-corrected chi connectivity index (χ1v) is 26.9. The van der Waals surface area contributed by atoms with Gasteiger partial charge >= 0.3 is 19.8 Å². The Balaban J connectivity index is 2.93. The normalized spacial score (nSPS) is 20.0. The number of amides is 1. The number of aliphatic hydroxyl groups is 3. The number of carbonyl (C=O) groups excluding carboxylic acids is 3. The number of phosphoric acid groups is 1. The molecule has 1 amide bonds. The Morgan fingerprint density at radius 2 is 1.05 bits per heavy atom. The fourth-order valence-corrected chi connectivity index (χ4v) is 8.74. The van der Waals surface area contributed by atoms with Crippen molar-refractivity contribution in [1.82, 2.24) is 5.32 Å². The fraction of sp³-hybridized carbons (Fsp3) is 0.938. The number of rotatable bonds is 42. The predicted molar refractivity (Wildman–Crippen MR) is 247 cm³/mol. The van der Waals surface area contributed by atoms with Gasteiger partial charge in [0.1, 0.15) is 24.4 Å². The molecule has 7 atom stereocenters. The summed E-state index contributed by atoms with van der Waals surface area (Å²) in [7, 11) is -5.27. The number of phosphoric ester groups is 1. The molecule has 0 aromatic heterocycles. The van der Waals surface area contributed by atoms with Gasteiger partial charge in [0.05, 0.1) is 25.6 Å². The Labute approximate surface area is 381 Å². The van der Waals surface area contributed by atoms with Gasteiger partial charge in [-0.3, -0.25) is 18.9 Å². The lowest BCUT2D eigenvalue weighted by atomic mass is 9.96. The lowest BCUT2D eigenvalue weighted by molar-refractivity contribution is -0.254. The average molecular weight is 922 g/mol. The molecular formula is C48H92NO13P. The highest BCUT2D eigenvalue weighted by atomic mass is 31.2. The summed E-state index contributed by atoms with van der Waals surface area (Å²) in [6.45, 7) is 5.77. The van der Waals surface area contributed by atoms with Crippen LogP contribution in [-0.2, 0) is 37.7 Å². The van der Waals surface area contributed by atoms with Crippen LogP contribution in [-0.4, -0.2) is 92.4 Å². The summed E-state index contributed by atoms with van der Waals surface area (Å²) in [6.07, 6.45) is 23.7. The Kier molecular flexibility index (Phi) is 36.3. The molecular weight excluding hydrogens is 829 g/mol. The highest BCUT2D eigenvalue weighted by molar-refractivity contribution is 7.46. The maximum absolute atomic E-state index is 13.6. The lowest BCUT2D eigenvalue weighted by Gasteiger charge is -2.43. The van der Waals surface area contributed by atoms with Crippen LogP contribution >= 0.6 is 7.82 Å². The minimum Gasteiger partial charge on any atom is -0.462 e. The molecule has 63 heavy (non-hydrogen) atoms. The zero-order valence-electron chi connectivity index (χ0n) is 39.7. The molecule has 0 aromatic rings. The topological polar surface area (TPSA) is 218 Å². The maximum Gasteiger partial charge on any atom is 0.472 e. The van der Waals surface area contributed by atoms with E-state index in [4.69, 9.17) is 18.7 Å². The number of unbranched alkanes of at least 4 members (excludes halogenated alkanes) is 26. The highest BCUT2D eigenvalue weighted by Gasteiger charge is 2.50. The van der Waals surface area contributed by atoms with Gasteiger partial charge in [-0.2, -0.15) is 0 Å². The third-order valence-corrected chi connectivity index (χ3v) is 12.5. The van der Waals surface area contributed by atoms with Crippen LogP contribution < -0.4 is 5.32 Å². The third-order valence-electron chi connectivity index (χ3n) is 12.1. The molecule has 14 nitrogen and oxygen atoms in total. The molecule has 0 saturated carbocycles. The van der Waals surface area contributed by atoms with E-state index in [9.17, 15) is 44.1 Å². The molecule has 1 fully saturated rings. The van der Waals surface area contributed by atoms with E-state index in [1.165, 1.54) is 103 Å². The van der Waals surface area contributed by atoms with Crippen molar-refractivity contribution in [2.75, 3.05) is 6.61 Å². The van der Waals surface area contributed by atoms with Crippen molar-refractivity contribution in [2.24, 2.45) is 0 Å². The van der Waals surface area contributed by atoms with E-state index in [1.54, 1.807) is 0 Å². The van der Waals surface area contributed by atoms with Crippen LogP contribution in [0.2, 0.25) is 0 Å². The van der Waals surface area contributed by atoms with Crippen LogP contribution in [0.15, 0.2) is 0 Å². The molecule has 1 saturated heterocycles. The van der Waals surface area contributed by atoms with E-state index in [-0.39, 0.29) is 19.3 Å². The van der Waals surface area contributed by atoms with E-state index < -0.39 is 75.1 Å². The number of hydrogen-bond donors (Lipinski definition) is 6. The minimum absolute atomic E-state index is 0.220. The second-order valence-corrected chi connectivity index (χ2v) is 19.2. The summed E-state index contributed by atoms with van der Waals surface area (Å²) in [4.78, 5) is 59.3. The number of esters is 2. The van der Waals surface area contributed by atoms with Crippen molar-refractivity contribution in [3.05, 3.63) is 0 Å². The smallest absolute Gasteiger partial charge is 0.462 e. The molecule has 15 heteroatoms. The van der Waals surface area contributed by atoms with Crippen LogP contribution in [0.25, 0.3) is 0 Å². The van der Waals surface area contributed by atoms with Gasteiger partial charge in [0.15, 0.2) is 12.4 Å². The first-order valence-electron chi connectivity index (χ1n) is 25.4. The molecule has 1 aliphatic heterocycles. The van der Waals surface area contributed by atoms with Gasteiger partial charge in [-0.15, -0.1) is 0 Å². The molecule has 372 valence electrons. The van der Waals surface area contributed by atoms with E-state index in [2.05, 4.69) is 26.1 Å². The zero-order chi connectivity index (χ0) is 46.6. The molecule has 1 heterocycles. The highest BCUT2D eigenvalue weighted by Crippen LogP contribution is 2.41. The molecule has 0 spiro atoms. The molecule has 1 aliphatic rings. The SMILES string of the molecule is CCCCCCCCCCCCCC(=O)O[C@H](CCCCCCCCCCC)CC(=O)OC1C(O)C(CO)OC(OP(=O)(O)O)C1NC(=O)C[C@H](O)CCCCCCCCCCC. The molecule has 6 N–H and O–H groups in total. The molecule has 5 unspecified atom stereocenters. The first kappa shape index (κ1) is 59.4. The lowest BCUT2D eigenvalue weighted by Crippen LogP contribution is -2.65. The van der Waals surface area contributed by atoms with Crippen LogP contribution in [0.1, 0.15) is 239 Å². The Morgan fingerprint density at radius 1 is 0.619 bits per heavy atom. The summed E-state index contributed by atoms with van der Waals surface area (Å²) in [6, 6.07) is -1.63. The number of aliphatic hydroxyl groups excluding tert-OH is 3. The third kappa shape index (κ3) is 31.8.